The highest BCUT2D eigenvalue weighted by molar-refractivity contribution is 5.73. The number of nitrogens with zero attached hydrogens (tertiary/aromatic N) is 4. The Morgan fingerprint density at radius 2 is 1.75 bits per heavy atom. The predicted molar refractivity (Wildman–Crippen MR) is 116 cm³/mol. The molecule has 2 aliphatic heterocycles. The van der Waals surface area contributed by atoms with Crippen LogP contribution in [0.25, 0.3) is 0 Å². The lowest BCUT2D eigenvalue weighted by Crippen LogP contribution is -2.66. The summed E-state index contributed by atoms with van der Waals surface area (Å²) >= 11 is 0. The molecule has 1 N–H and O–H groups in total. The van der Waals surface area contributed by atoms with E-state index in [0.717, 1.165) is 19.4 Å². The Labute approximate surface area is 171 Å². The molecule has 1 saturated heterocycles. The maximum Gasteiger partial charge on any atom is 0.178 e. The first kappa shape index (κ1) is 21.7. The summed E-state index contributed by atoms with van der Waals surface area (Å²) in [7, 11) is 0. The Bertz CT molecular complexity index is 535. The van der Waals surface area contributed by atoms with Crippen LogP contribution in [0.15, 0.2) is 9.98 Å². The predicted octanol–water partition coefficient (Wildman–Crippen LogP) is 4.32. The Morgan fingerprint density at radius 3 is 2.39 bits per heavy atom. The Balaban J connectivity index is 1.69. The monoisotopic (exact) mass is 391 g/mol. The fourth-order valence-corrected chi connectivity index (χ4v) is 5.23. The number of hydroxylamine groups is 2. The molecule has 1 unspecified atom stereocenters. The molecule has 2 fully saturated rings. The second-order valence-corrected chi connectivity index (χ2v) is 10.0. The van der Waals surface area contributed by atoms with Crippen molar-refractivity contribution < 1.29 is 4.84 Å². The SMILES string of the molecule is CCCCNC1N=CN=CN1C1CC(C)(C)N(OC2CCCCC2)C(C)(C)C1. The van der Waals surface area contributed by atoms with Crippen molar-refractivity contribution in [1.82, 2.24) is 15.3 Å². The van der Waals surface area contributed by atoms with Crippen LogP contribution < -0.4 is 5.32 Å². The van der Waals surface area contributed by atoms with Gasteiger partial charge in [-0.1, -0.05) is 32.6 Å². The van der Waals surface area contributed by atoms with Crippen LogP contribution in [-0.2, 0) is 4.84 Å². The summed E-state index contributed by atoms with van der Waals surface area (Å²) in [6.07, 6.45) is 14.8. The van der Waals surface area contributed by atoms with Crippen molar-refractivity contribution in [2.24, 2.45) is 9.98 Å². The van der Waals surface area contributed by atoms with Gasteiger partial charge in [0, 0.05) is 17.1 Å². The van der Waals surface area contributed by atoms with Crippen LogP contribution in [-0.4, -0.2) is 58.7 Å². The van der Waals surface area contributed by atoms with Gasteiger partial charge in [-0.05, 0) is 66.3 Å². The molecule has 0 bridgehead atoms. The molecule has 0 aromatic rings. The minimum absolute atomic E-state index is 0.00790. The van der Waals surface area contributed by atoms with Gasteiger partial charge in [-0.15, -0.1) is 0 Å². The molecule has 6 heteroatoms. The number of nitrogens with one attached hydrogen (secondary N) is 1. The van der Waals surface area contributed by atoms with Gasteiger partial charge in [-0.25, -0.2) is 9.98 Å². The van der Waals surface area contributed by atoms with Crippen molar-refractivity contribution >= 4 is 12.7 Å². The first-order chi connectivity index (χ1) is 13.3. The van der Waals surface area contributed by atoms with Crippen molar-refractivity contribution in [3.05, 3.63) is 0 Å². The topological polar surface area (TPSA) is 52.5 Å². The van der Waals surface area contributed by atoms with Crippen LogP contribution in [0.3, 0.4) is 0 Å². The van der Waals surface area contributed by atoms with Gasteiger partial charge in [0.15, 0.2) is 6.29 Å². The minimum Gasteiger partial charge on any atom is -0.325 e. The van der Waals surface area contributed by atoms with Crippen molar-refractivity contribution in [3.63, 3.8) is 0 Å². The lowest BCUT2D eigenvalue weighted by atomic mass is 9.78. The average Bonchev–Trinajstić information content (AvgIpc) is 2.65. The molecule has 0 radical (unpaired) electrons. The quantitative estimate of drug-likeness (QED) is 0.657. The Hall–Kier alpha value is -0.980. The highest BCUT2D eigenvalue weighted by atomic mass is 16.7. The van der Waals surface area contributed by atoms with Gasteiger partial charge in [-0.2, -0.15) is 5.06 Å². The van der Waals surface area contributed by atoms with E-state index in [-0.39, 0.29) is 17.4 Å². The molecule has 28 heavy (non-hydrogen) atoms. The van der Waals surface area contributed by atoms with Crippen LogP contribution in [0.5, 0.6) is 0 Å². The average molecular weight is 392 g/mol. The maximum absolute atomic E-state index is 6.64. The molecular weight excluding hydrogens is 350 g/mol. The normalized spacial score (nSPS) is 28.8. The van der Waals surface area contributed by atoms with Crippen molar-refractivity contribution in [1.29, 1.82) is 0 Å². The fourth-order valence-electron chi connectivity index (χ4n) is 5.23. The van der Waals surface area contributed by atoms with Gasteiger partial charge in [0.1, 0.15) is 6.34 Å². The van der Waals surface area contributed by atoms with Gasteiger partial charge >= 0.3 is 0 Å². The van der Waals surface area contributed by atoms with Gasteiger partial charge in [-0.3, -0.25) is 10.2 Å². The first-order valence-corrected chi connectivity index (χ1v) is 11.4. The smallest absolute Gasteiger partial charge is 0.178 e. The second-order valence-electron chi connectivity index (χ2n) is 10.0. The van der Waals surface area contributed by atoms with E-state index in [4.69, 9.17) is 4.84 Å². The Morgan fingerprint density at radius 1 is 1.07 bits per heavy atom. The summed E-state index contributed by atoms with van der Waals surface area (Å²) in [4.78, 5) is 17.9. The van der Waals surface area contributed by atoms with E-state index in [1.165, 1.54) is 44.9 Å². The Kier molecular flexibility index (Phi) is 7.16. The van der Waals surface area contributed by atoms with Crippen LogP contribution in [0.2, 0.25) is 0 Å². The molecular formula is C22H41N5O. The number of hydrogen-bond donors (Lipinski definition) is 1. The van der Waals surface area contributed by atoms with E-state index in [2.05, 4.69) is 59.9 Å². The third-order valence-corrected chi connectivity index (χ3v) is 6.41. The summed E-state index contributed by atoms with van der Waals surface area (Å²) in [5.41, 5.74) is -0.0698. The molecule has 0 spiro atoms. The highest BCUT2D eigenvalue weighted by Crippen LogP contribution is 2.42. The molecule has 1 saturated carbocycles. The van der Waals surface area contributed by atoms with Gasteiger partial charge in [0.2, 0.25) is 0 Å². The summed E-state index contributed by atoms with van der Waals surface area (Å²) in [5.74, 6) is 0. The fraction of sp³-hybridized carbons (Fsp3) is 0.909. The van der Waals surface area contributed by atoms with Crippen LogP contribution in [0.4, 0.5) is 0 Å². The van der Waals surface area contributed by atoms with Gasteiger partial charge in [0.05, 0.1) is 12.4 Å². The lowest BCUT2D eigenvalue weighted by molar-refractivity contribution is -0.313. The molecule has 2 heterocycles. The highest BCUT2D eigenvalue weighted by Gasteiger charge is 2.49. The zero-order chi connectivity index (χ0) is 20.2. The van der Waals surface area contributed by atoms with E-state index in [1.807, 2.05) is 6.34 Å². The molecule has 0 aromatic heterocycles. The number of rotatable bonds is 7. The van der Waals surface area contributed by atoms with E-state index in [0.29, 0.717) is 12.1 Å². The third kappa shape index (κ3) is 5.14. The van der Waals surface area contributed by atoms with Gasteiger partial charge < -0.3 is 4.90 Å². The summed E-state index contributed by atoms with van der Waals surface area (Å²) in [6, 6.07) is 0.386. The zero-order valence-corrected chi connectivity index (χ0v) is 18.7. The number of piperidine rings is 1. The largest absolute Gasteiger partial charge is 0.325 e. The molecule has 3 rings (SSSR count). The number of unbranched alkanes of at least 4 members (excludes halogenated alkanes) is 1. The van der Waals surface area contributed by atoms with E-state index in [1.54, 1.807) is 6.34 Å². The van der Waals surface area contributed by atoms with Crippen molar-refractivity contribution in [2.75, 3.05) is 6.54 Å². The molecule has 0 aromatic carbocycles. The van der Waals surface area contributed by atoms with E-state index >= 15 is 0 Å². The minimum atomic E-state index is -0.0349. The molecule has 1 aliphatic carbocycles. The van der Waals surface area contributed by atoms with Crippen LogP contribution in [0, 0.1) is 0 Å². The van der Waals surface area contributed by atoms with E-state index < -0.39 is 0 Å². The molecule has 3 aliphatic rings. The number of hydrogen-bond acceptors (Lipinski definition) is 6. The van der Waals surface area contributed by atoms with Crippen LogP contribution >= 0.6 is 0 Å². The van der Waals surface area contributed by atoms with Crippen molar-refractivity contribution in [3.8, 4) is 0 Å². The summed E-state index contributed by atoms with van der Waals surface area (Å²) < 4.78 is 0. The lowest BCUT2D eigenvalue weighted by Gasteiger charge is -2.57. The molecule has 0 amide bonds. The first-order valence-electron chi connectivity index (χ1n) is 11.4. The maximum atomic E-state index is 6.64. The molecule has 1 atom stereocenters. The number of aliphatic imine (C=N–C) groups is 2. The molecule has 160 valence electrons. The van der Waals surface area contributed by atoms with E-state index in [9.17, 15) is 0 Å². The van der Waals surface area contributed by atoms with Gasteiger partial charge in [0.25, 0.3) is 0 Å². The summed E-state index contributed by atoms with van der Waals surface area (Å²) in [6.45, 7) is 12.5. The van der Waals surface area contributed by atoms with Crippen molar-refractivity contribution in [2.45, 2.75) is 122 Å². The zero-order valence-electron chi connectivity index (χ0n) is 18.7. The van der Waals surface area contributed by atoms with Crippen LogP contribution in [0.1, 0.15) is 92.4 Å². The third-order valence-electron chi connectivity index (χ3n) is 6.41. The standard InChI is InChI=1S/C22H41N5O/c1-6-7-13-24-20-25-16-23-17-26(20)18-14-21(2,3)27(22(4,5)15-18)28-19-11-9-8-10-12-19/h16-20,24H,6-15H2,1-5H3. The summed E-state index contributed by atoms with van der Waals surface area (Å²) in [5, 5.41) is 5.92. The molecule has 6 nitrogen and oxygen atoms in total. The second kappa shape index (κ2) is 9.23.